The molecule has 2 amide bonds. The number of thiophene rings is 1. The van der Waals surface area contributed by atoms with Crippen molar-refractivity contribution < 1.29 is 14.3 Å². The van der Waals surface area contributed by atoms with Crippen LogP contribution < -0.4 is 15.5 Å². The Balaban J connectivity index is 1.42. The van der Waals surface area contributed by atoms with Crippen LogP contribution >= 0.6 is 11.3 Å². The van der Waals surface area contributed by atoms with Crippen LogP contribution in [-0.2, 0) is 16.1 Å². The third-order valence-electron chi connectivity index (χ3n) is 6.14. The largest absolute Gasteiger partial charge is 0.444 e. The Hall–Kier alpha value is -3.32. The third kappa shape index (κ3) is 6.08. The van der Waals surface area contributed by atoms with Crippen molar-refractivity contribution in [2.75, 3.05) is 10.2 Å². The molecule has 2 aromatic carbocycles. The van der Waals surface area contributed by atoms with Crippen molar-refractivity contribution in [1.82, 2.24) is 5.32 Å². The Bertz CT molecular complexity index is 1210. The summed E-state index contributed by atoms with van der Waals surface area (Å²) in [5.41, 5.74) is 3.82. The van der Waals surface area contributed by atoms with Gasteiger partial charge in [0.25, 0.3) is 0 Å². The van der Waals surface area contributed by atoms with Crippen molar-refractivity contribution in [2.24, 2.45) is 0 Å². The molecule has 2 heterocycles. The second-order valence-corrected chi connectivity index (χ2v) is 11.3. The molecule has 0 fully saturated rings. The van der Waals surface area contributed by atoms with Crippen LogP contribution in [0.2, 0.25) is 0 Å². The zero-order valence-corrected chi connectivity index (χ0v) is 22.4. The predicted octanol–water partition coefficient (Wildman–Crippen LogP) is 7.13. The molecule has 2 atom stereocenters. The summed E-state index contributed by atoms with van der Waals surface area (Å²) in [6, 6.07) is 21.0. The van der Waals surface area contributed by atoms with E-state index in [4.69, 9.17) is 4.74 Å². The zero-order valence-electron chi connectivity index (χ0n) is 21.6. The van der Waals surface area contributed by atoms with Crippen LogP contribution in [0, 0.1) is 0 Å². The number of para-hydroxylation sites is 1. The Morgan fingerprint density at radius 2 is 1.78 bits per heavy atom. The lowest BCUT2D eigenvalue weighted by Gasteiger charge is -2.40. The first-order valence-corrected chi connectivity index (χ1v) is 13.3. The second kappa shape index (κ2) is 10.7. The van der Waals surface area contributed by atoms with Crippen LogP contribution in [0.15, 0.2) is 60.7 Å². The van der Waals surface area contributed by atoms with Crippen LogP contribution in [0.5, 0.6) is 0 Å². The first-order chi connectivity index (χ1) is 17.1. The lowest BCUT2D eigenvalue weighted by Crippen LogP contribution is -2.44. The van der Waals surface area contributed by atoms with Crippen LogP contribution in [0.4, 0.5) is 16.2 Å². The molecule has 4 rings (SSSR count). The maximum atomic E-state index is 12.6. The van der Waals surface area contributed by atoms with Crippen molar-refractivity contribution >= 4 is 34.7 Å². The van der Waals surface area contributed by atoms with Crippen molar-refractivity contribution in [3.8, 4) is 10.4 Å². The molecule has 0 spiro atoms. The maximum Gasteiger partial charge on any atom is 0.407 e. The number of fused-ring (bicyclic) bond motifs is 1. The fraction of sp³-hybridized carbons (Fsp3) is 0.379. The fourth-order valence-electron chi connectivity index (χ4n) is 4.53. The Labute approximate surface area is 217 Å². The highest BCUT2D eigenvalue weighted by Gasteiger charge is 2.32. The van der Waals surface area contributed by atoms with Gasteiger partial charge in [0.15, 0.2) is 0 Å². The standard InChI is InChI=1S/C29H35N3O3S/c1-6-27(33)32-19(2)17-24(23-9-7-8-10-25(23)32)31-21-13-11-20(12-14-21)26-16-15-22(36-26)18-30-28(34)35-29(3,4)5/h7-16,19,24,31H,6,17-18H2,1-5H3,(H,30,34)/t19-,24+/m0/s1. The number of ether oxygens (including phenoxy) is 1. The van der Waals surface area contributed by atoms with Crippen molar-refractivity contribution in [2.45, 2.75) is 71.7 Å². The third-order valence-corrected chi connectivity index (χ3v) is 7.27. The average molecular weight is 506 g/mol. The highest BCUT2D eigenvalue weighted by molar-refractivity contribution is 7.15. The van der Waals surface area contributed by atoms with Crippen LogP contribution in [0.1, 0.15) is 63.9 Å². The Morgan fingerprint density at radius 1 is 1.06 bits per heavy atom. The molecule has 0 radical (unpaired) electrons. The summed E-state index contributed by atoms with van der Waals surface area (Å²) >= 11 is 1.66. The molecule has 7 heteroatoms. The number of hydrogen-bond donors (Lipinski definition) is 2. The van der Waals surface area contributed by atoms with E-state index >= 15 is 0 Å². The number of nitrogens with zero attached hydrogens (tertiary/aromatic N) is 1. The van der Waals surface area contributed by atoms with Crippen LogP contribution in [0.3, 0.4) is 0 Å². The maximum absolute atomic E-state index is 12.6. The van der Waals surface area contributed by atoms with E-state index in [2.05, 4.69) is 54.0 Å². The van der Waals surface area contributed by atoms with Gasteiger partial charge in [-0.25, -0.2) is 4.79 Å². The minimum Gasteiger partial charge on any atom is -0.444 e. The number of rotatable bonds is 6. The topological polar surface area (TPSA) is 70.7 Å². The summed E-state index contributed by atoms with van der Waals surface area (Å²) in [5.74, 6) is 0.161. The molecule has 3 aromatic rings. The molecular formula is C29H35N3O3S. The molecule has 190 valence electrons. The van der Waals surface area contributed by atoms with Crippen LogP contribution in [0.25, 0.3) is 10.4 Å². The monoisotopic (exact) mass is 505 g/mol. The minimum absolute atomic E-state index is 0.128. The first kappa shape index (κ1) is 25.8. The van der Waals surface area contributed by atoms with Crippen molar-refractivity contribution in [3.05, 3.63) is 71.1 Å². The number of benzene rings is 2. The van der Waals surface area contributed by atoms with Gasteiger partial charge in [0.2, 0.25) is 5.91 Å². The molecule has 2 N–H and O–H groups in total. The smallest absolute Gasteiger partial charge is 0.407 e. The summed E-state index contributed by atoms with van der Waals surface area (Å²) < 4.78 is 5.31. The molecular weight excluding hydrogens is 470 g/mol. The van der Waals surface area contributed by atoms with Crippen LogP contribution in [-0.4, -0.2) is 23.6 Å². The summed E-state index contributed by atoms with van der Waals surface area (Å²) in [5, 5.41) is 6.50. The molecule has 1 aliphatic heterocycles. The van der Waals surface area contributed by atoms with Gasteiger partial charge in [0.1, 0.15) is 5.60 Å². The Kier molecular flexibility index (Phi) is 7.69. The summed E-state index contributed by atoms with van der Waals surface area (Å²) in [4.78, 5) is 28.7. The molecule has 0 saturated heterocycles. The first-order valence-electron chi connectivity index (χ1n) is 12.5. The molecule has 36 heavy (non-hydrogen) atoms. The highest BCUT2D eigenvalue weighted by atomic mass is 32.1. The lowest BCUT2D eigenvalue weighted by atomic mass is 9.91. The average Bonchev–Trinajstić information content (AvgIpc) is 3.31. The van der Waals surface area contributed by atoms with E-state index in [9.17, 15) is 9.59 Å². The fourth-order valence-corrected chi connectivity index (χ4v) is 5.49. The van der Waals surface area contributed by atoms with Gasteiger partial charge in [-0.2, -0.15) is 0 Å². The number of amides is 2. The predicted molar refractivity (Wildman–Crippen MR) is 147 cm³/mol. The quantitative estimate of drug-likeness (QED) is 0.374. The molecule has 0 saturated carbocycles. The van der Waals surface area contributed by atoms with Gasteiger partial charge in [0, 0.05) is 33.6 Å². The van der Waals surface area contributed by atoms with E-state index in [1.165, 1.54) is 0 Å². The number of carbonyl (C=O) groups excluding carboxylic acids is 2. The van der Waals surface area contributed by atoms with Gasteiger partial charge in [-0.3, -0.25) is 4.79 Å². The van der Waals surface area contributed by atoms with E-state index in [-0.39, 0.29) is 18.0 Å². The van der Waals surface area contributed by atoms with Gasteiger partial charge in [-0.05, 0) is 75.6 Å². The number of alkyl carbamates (subject to hydrolysis) is 1. The van der Waals surface area contributed by atoms with Gasteiger partial charge in [-0.15, -0.1) is 11.3 Å². The SMILES string of the molecule is CCC(=O)N1c2ccccc2[C@H](Nc2ccc(-c3ccc(CNC(=O)OC(C)(C)C)s3)cc2)C[C@@H]1C. The van der Waals surface area contributed by atoms with Gasteiger partial charge in [-0.1, -0.05) is 37.3 Å². The van der Waals surface area contributed by atoms with E-state index in [0.29, 0.717) is 13.0 Å². The number of anilines is 2. The van der Waals surface area contributed by atoms with Crippen molar-refractivity contribution in [1.29, 1.82) is 0 Å². The summed E-state index contributed by atoms with van der Waals surface area (Å²) in [6.07, 6.45) is 0.942. The summed E-state index contributed by atoms with van der Waals surface area (Å²) in [6.45, 7) is 10.0. The van der Waals surface area contributed by atoms with E-state index in [0.717, 1.165) is 38.7 Å². The van der Waals surface area contributed by atoms with E-state index in [1.54, 1.807) is 11.3 Å². The van der Waals surface area contributed by atoms with Gasteiger partial charge >= 0.3 is 6.09 Å². The molecule has 1 aromatic heterocycles. The zero-order chi connectivity index (χ0) is 25.9. The Morgan fingerprint density at radius 3 is 2.47 bits per heavy atom. The summed E-state index contributed by atoms with van der Waals surface area (Å²) in [7, 11) is 0. The second-order valence-electron chi connectivity index (χ2n) is 10.2. The van der Waals surface area contributed by atoms with Gasteiger partial charge in [0.05, 0.1) is 12.6 Å². The normalized spacial score (nSPS) is 17.3. The van der Waals surface area contributed by atoms with Crippen molar-refractivity contribution in [3.63, 3.8) is 0 Å². The van der Waals surface area contributed by atoms with Gasteiger partial charge < -0.3 is 20.3 Å². The molecule has 0 bridgehead atoms. The molecule has 1 aliphatic rings. The molecule has 6 nitrogen and oxygen atoms in total. The minimum atomic E-state index is -0.509. The molecule has 0 aliphatic carbocycles. The number of nitrogens with one attached hydrogen (secondary N) is 2. The number of hydrogen-bond acceptors (Lipinski definition) is 5. The van der Waals surface area contributed by atoms with E-state index < -0.39 is 11.7 Å². The molecule has 0 unspecified atom stereocenters. The lowest BCUT2D eigenvalue weighted by molar-refractivity contribution is -0.118. The number of carbonyl (C=O) groups is 2. The van der Waals surface area contributed by atoms with E-state index in [1.807, 2.05) is 56.9 Å². The highest BCUT2D eigenvalue weighted by Crippen LogP contribution is 2.39.